The first kappa shape index (κ1) is 18.2. The fraction of sp³-hybridized carbons (Fsp3) is 0.176. The highest BCUT2D eigenvalue weighted by molar-refractivity contribution is 7.14. The van der Waals surface area contributed by atoms with E-state index in [1.165, 1.54) is 11.3 Å². The molecule has 0 aliphatic carbocycles. The van der Waals surface area contributed by atoms with E-state index in [2.05, 4.69) is 10.6 Å². The van der Waals surface area contributed by atoms with E-state index >= 15 is 0 Å². The van der Waals surface area contributed by atoms with Crippen LogP contribution in [0.1, 0.15) is 21.5 Å². The Hall–Kier alpha value is -3.18. The third-order valence-corrected chi connectivity index (χ3v) is 3.91. The van der Waals surface area contributed by atoms with Gasteiger partial charge in [-0.15, -0.1) is 11.3 Å². The largest absolute Gasteiger partial charge is 0.454 e. The zero-order chi connectivity index (χ0) is 18.2. The number of carbonyl (C=O) groups is 3. The van der Waals surface area contributed by atoms with Gasteiger partial charge in [-0.1, -0.05) is 17.7 Å². The van der Waals surface area contributed by atoms with Crippen LogP contribution in [0.15, 0.2) is 35.7 Å². The maximum Gasteiger partial charge on any atom is 0.325 e. The number of rotatable bonds is 6. The van der Waals surface area contributed by atoms with Crippen LogP contribution in [-0.2, 0) is 14.3 Å². The molecule has 2 N–H and O–H groups in total. The van der Waals surface area contributed by atoms with Crippen molar-refractivity contribution in [3.63, 3.8) is 0 Å². The summed E-state index contributed by atoms with van der Waals surface area (Å²) in [6.45, 7) is 1.01. The second kappa shape index (κ2) is 8.61. The molecule has 0 aliphatic heterocycles. The van der Waals surface area contributed by atoms with Crippen molar-refractivity contribution < 1.29 is 19.1 Å². The van der Waals surface area contributed by atoms with Gasteiger partial charge in [-0.25, -0.2) is 0 Å². The molecule has 0 saturated carbocycles. The van der Waals surface area contributed by atoms with E-state index in [1.54, 1.807) is 29.6 Å². The summed E-state index contributed by atoms with van der Waals surface area (Å²) in [6.07, 6.45) is 0. The number of amides is 2. The number of nitrogens with zero attached hydrogens (tertiary/aromatic N) is 1. The molecule has 2 rings (SSSR count). The molecule has 1 aromatic carbocycles. The first-order valence-corrected chi connectivity index (χ1v) is 8.15. The molecule has 7 nitrogen and oxygen atoms in total. The molecule has 0 radical (unpaired) electrons. The Kier molecular flexibility index (Phi) is 6.26. The summed E-state index contributed by atoms with van der Waals surface area (Å²) in [6, 6.07) is 10.4. The third kappa shape index (κ3) is 5.44. The highest BCUT2D eigenvalue weighted by Gasteiger charge is 2.12. The molecule has 2 aromatic rings. The third-order valence-electron chi connectivity index (χ3n) is 3.08. The average molecular weight is 357 g/mol. The number of anilines is 1. The van der Waals surface area contributed by atoms with Crippen LogP contribution < -0.4 is 10.6 Å². The molecule has 0 bridgehead atoms. The lowest BCUT2D eigenvalue weighted by atomic mass is 10.1. The summed E-state index contributed by atoms with van der Waals surface area (Å²) in [5.74, 6) is -1.69. The highest BCUT2D eigenvalue weighted by Crippen LogP contribution is 2.21. The normalized spacial score (nSPS) is 9.76. The molecule has 1 heterocycles. The Bertz CT molecular complexity index is 838. The van der Waals surface area contributed by atoms with E-state index in [1.807, 2.05) is 19.1 Å². The fourth-order valence-electron chi connectivity index (χ4n) is 1.89. The smallest absolute Gasteiger partial charge is 0.325 e. The molecule has 0 fully saturated rings. The lowest BCUT2D eigenvalue weighted by Gasteiger charge is -2.07. The zero-order valence-electron chi connectivity index (χ0n) is 13.4. The van der Waals surface area contributed by atoms with Crippen molar-refractivity contribution >= 4 is 34.1 Å². The molecule has 0 saturated heterocycles. The predicted molar refractivity (Wildman–Crippen MR) is 92.1 cm³/mol. The van der Waals surface area contributed by atoms with E-state index in [4.69, 9.17) is 10.00 Å². The van der Waals surface area contributed by atoms with Gasteiger partial charge in [0.2, 0.25) is 0 Å². The molecule has 1 aromatic heterocycles. The number of benzene rings is 1. The van der Waals surface area contributed by atoms with Crippen molar-refractivity contribution in [1.82, 2.24) is 5.32 Å². The quantitative estimate of drug-likeness (QED) is 0.767. The predicted octanol–water partition coefficient (Wildman–Crippen LogP) is 1.84. The van der Waals surface area contributed by atoms with Crippen LogP contribution >= 0.6 is 11.3 Å². The first-order chi connectivity index (χ1) is 12.0. The summed E-state index contributed by atoms with van der Waals surface area (Å²) in [7, 11) is 0. The van der Waals surface area contributed by atoms with Crippen molar-refractivity contribution in [2.24, 2.45) is 0 Å². The minimum absolute atomic E-state index is 0.343. The molecule has 0 atom stereocenters. The molecule has 0 unspecified atom stereocenters. The molecule has 128 valence electrons. The Morgan fingerprint density at radius 1 is 1.28 bits per heavy atom. The van der Waals surface area contributed by atoms with Crippen LogP contribution in [0.2, 0.25) is 0 Å². The van der Waals surface area contributed by atoms with Gasteiger partial charge >= 0.3 is 5.97 Å². The summed E-state index contributed by atoms with van der Waals surface area (Å²) in [5.41, 5.74) is 1.71. The van der Waals surface area contributed by atoms with E-state index in [-0.39, 0.29) is 6.54 Å². The molecule has 2 amide bonds. The molecule has 8 heteroatoms. The first-order valence-electron chi connectivity index (χ1n) is 7.27. The van der Waals surface area contributed by atoms with Crippen molar-refractivity contribution in [2.45, 2.75) is 6.92 Å². The summed E-state index contributed by atoms with van der Waals surface area (Å²) < 4.78 is 4.79. The highest BCUT2D eigenvalue weighted by atomic mass is 32.1. The summed E-state index contributed by atoms with van der Waals surface area (Å²) in [4.78, 5) is 35.2. The van der Waals surface area contributed by atoms with Crippen molar-refractivity contribution in [1.29, 1.82) is 5.26 Å². The van der Waals surface area contributed by atoms with Crippen LogP contribution in [-0.4, -0.2) is 30.9 Å². The lowest BCUT2D eigenvalue weighted by molar-refractivity contribution is -0.146. The molecule has 25 heavy (non-hydrogen) atoms. The van der Waals surface area contributed by atoms with Crippen LogP contribution in [0.25, 0.3) is 0 Å². The molecular weight excluding hydrogens is 342 g/mol. The van der Waals surface area contributed by atoms with Crippen molar-refractivity contribution in [3.8, 4) is 6.07 Å². The fourth-order valence-corrected chi connectivity index (χ4v) is 2.65. The van der Waals surface area contributed by atoms with Crippen molar-refractivity contribution in [2.75, 3.05) is 18.5 Å². The van der Waals surface area contributed by atoms with E-state index < -0.39 is 24.4 Å². The number of hydrogen-bond acceptors (Lipinski definition) is 6. The number of esters is 1. The number of nitrogens with one attached hydrogen (secondary N) is 2. The maximum atomic E-state index is 11.9. The van der Waals surface area contributed by atoms with E-state index in [9.17, 15) is 14.4 Å². The van der Waals surface area contributed by atoms with Gasteiger partial charge in [0, 0.05) is 5.56 Å². The molecule has 0 aliphatic rings. The summed E-state index contributed by atoms with van der Waals surface area (Å²) >= 11 is 1.20. The SMILES string of the molecule is Cc1cccc(C(=O)NCC(=O)OCC(=O)Nc2sccc2C#N)c1. The van der Waals surface area contributed by atoms with E-state index in [0.29, 0.717) is 16.1 Å². The standard InChI is InChI=1S/C17H15N3O4S/c1-11-3-2-4-12(7-11)16(23)19-9-15(22)24-10-14(21)20-17-13(8-18)5-6-25-17/h2-7H,9-10H2,1H3,(H,19,23)(H,20,21). The second-order valence-electron chi connectivity index (χ2n) is 5.04. The van der Waals surface area contributed by atoms with Crippen LogP contribution in [0.3, 0.4) is 0 Å². The topological polar surface area (TPSA) is 108 Å². The van der Waals surface area contributed by atoms with Crippen LogP contribution in [0.4, 0.5) is 5.00 Å². The van der Waals surface area contributed by atoms with Gasteiger partial charge in [0.1, 0.15) is 17.6 Å². The maximum absolute atomic E-state index is 11.9. The Labute approximate surface area is 148 Å². The van der Waals surface area contributed by atoms with Gasteiger partial charge in [-0.3, -0.25) is 14.4 Å². The van der Waals surface area contributed by atoms with Crippen LogP contribution in [0, 0.1) is 18.3 Å². The zero-order valence-corrected chi connectivity index (χ0v) is 14.2. The number of hydrogen-bond donors (Lipinski definition) is 2. The van der Waals surface area contributed by atoms with E-state index in [0.717, 1.165) is 5.56 Å². The van der Waals surface area contributed by atoms with Gasteiger partial charge in [-0.05, 0) is 30.5 Å². The summed E-state index contributed by atoms with van der Waals surface area (Å²) in [5, 5.41) is 15.8. The van der Waals surface area contributed by atoms with Gasteiger partial charge in [0.05, 0.1) is 5.56 Å². The minimum Gasteiger partial charge on any atom is -0.454 e. The Balaban J connectivity index is 1.74. The number of carbonyl (C=O) groups excluding carboxylic acids is 3. The number of ether oxygens (including phenoxy) is 1. The molecular formula is C17H15N3O4S. The lowest BCUT2D eigenvalue weighted by Crippen LogP contribution is -2.32. The van der Waals surface area contributed by atoms with Gasteiger partial charge < -0.3 is 15.4 Å². The minimum atomic E-state index is -0.733. The Morgan fingerprint density at radius 3 is 2.80 bits per heavy atom. The van der Waals surface area contributed by atoms with Gasteiger partial charge in [-0.2, -0.15) is 5.26 Å². The van der Waals surface area contributed by atoms with Gasteiger partial charge in [0.15, 0.2) is 6.61 Å². The molecule has 0 spiro atoms. The number of nitriles is 1. The second-order valence-corrected chi connectivity index (χ2v) is 5.95. The van der Waals surface area contributed by atoms with Crippen LogP contribution in [0.5, 0.6) is 0 Å². The monoisotopic (exact) mass is 357 g/mol. The Morgan fingerprint density at radius 2 is 2.08 bits per heavy atom. The van der Waals surface area contributed by atoms with Crippen molar-refractivity contribution in [3.05, 3.63) is 52.4 Å². The number of aryl methyl sites for hydroxylation is 1. The van der Waals surface area contributed by atoms with Gasteiger partial charge in [0.25, 0.3) is 11.8 Å². The average Bonchev–Trinajstić information content (AvgIpc) is 3.04. The number of thiophene rings is 1.